The van der Waals surface area contributed by atoms with E-state index in [1.807, 2.05) is 32.9 Å². The van der Waals surface area contributed by atoms with E-state index >= 15 is 0 Å². The van der Waals surface area contributed by atoms with Crippen LogP contribution in [0.3, 0.4) is 0 Å². The highest BCUT2D eigenvalue weighted by atomic mass is 79.9. The molecule has 0 unspecified atom stereocenters. The lowest BCUT2D eigenvalue weighted by atomic mass is 9.93. The normalized spacial score (nSPS) is 10.6. The lowest BCUT2D eigenvalue weighted by Gasteiger charge is -2.10. The molecule has 0 radical (unpaired) electrons. The summed E-state index contributed by atoms with van der Waals surface area (Å²) in [5, 5.41) is 0. The SMILES string of the molecule is Cc1cc(C)c(C(=O)c2cc(F)cc(Br)c2)c(C)c1. The van der Waals surface area contributed by atoms with Crippen LogP contribution in [-0.2, 0) is 0 Å². The smallest absolute Gasteiger partial charge is 0.193 e. The Bertz CT molecular complexity index is 619. The Labute approximate surface area is 120 Å². The maximum atomic E-state index is 13.4. The molecule has 3 heteroatoms. The molecule has 0 aliphatic heterocycles. The van der Waals surface area contributed by atoms with Gasteiger partial charge < -0.3 is 0 Å². The molecular weight excluding hydrogens is 307 g/mol. The highest BCUT2D eigenvalue weighted by Crippen LogP contribution is 2.22. The third-order valence-corrected chi connectivity index (χ3v) is 3.49. The van der Waals surface area contributed by atoms with Gasteiger partial charge in [0, 0.05) is 15.6 Å². The first-order valence-corrected chi connectivity index (χ1v) is 6.76. The average Bonchev–Trinajstić information content (AvgIpc) is 2.25. The van der Waals surface area contributed by atoms with Gasteiger partial charge in [-0.3, -0.25) is 4.79 Å². The second-order valence-corrected chi connectivity index (χ2v) is 5.68. The molecular formula is C16H14BrFO. The summed E-state index contributed by atoms with van der Waals surface area (Å²) in [5.74, 6) is -0.560. The van der Waals surface area contributed by atoms with Crippen LogP contribution in [0.4, 0.5) is 4.39 Å². The predicted octanol–water partition coefficient (Wildman–Crippen LogP) is 4.74. The van der Waals surface area contributed by atoms with Gasteiger partial charge >= 0.3 is 0 Å². The van der Waals surface area contributed by atoms with Crippen molar-refractivity contribution in [2.45, 2.75) is 20.8 Å². The van der Waals surface area contributed by atoms with E-state index in [4.69, 9.17) is 0 Å². The Morgan fingerprint density at radius 1 is 1.00 bits per heavy atom. The van der Waals surface area contributed by atoms with Crippen molar-refractivity contribution in [2.24, 2.45) is 0 Å². The van der Waals surface area contributed by atoms with Gasteiger partial charge in [-0.1, -0.05) is 33.6 Å². The third kappa shape index (κ3) is 2.92. The van der Waals surface area contributed by atoms with E-state index in [-0.39, 0.29) is 5.78 Å². The van der Waals surface area contributed by atoms with E-state index in [1.165, 1.54) is 12.1 Å². The van der Waals surface area contributed by atoms with Crippen molar-refractivity contribution < 1.29 is 9.18 Å². The highest BCUT2D eigenvalue weighted by molar-refractivity contribution is 9.10. The standard InChI is InChI=1S/C16H14BrFO/c1-9-4-10(2)15(11(3)5-9)16(19)12-6-13(17)8-14(18)7-12/h4-8H,1-3H3. The van der Waals surface area contributed by atoms with E-state index in [0.29, 0.717) is 15.6 Å². The molecule has 1 nitrogen and oxygen atoms in total. The van der Waals surface area contributed by atoms with Crippen LogP contribution < -0.4 is 0 Å². The lowest BCUT2D eigenvalue weighted by molar-refractivity contribution is 0.103. The van der Waals surface area contributed by atoms with Crippen molar-refractivity contribution in [1.29, 1.82) is 0 Å². The van der Waals surface area contributed by atoms with Crippen LogP contribution in [0.25, 0.3) is 0 Å². The van der Waals surface area contributed by atoms with Gasteiger partial charge in [-0.05, 0) is 50.1 Å². The molecule has 0 bridgehead atoms. The second-order valence-electron chi connectivity index (χ2n) is 4.76. The van der Waals surface area contributed by atoms with Gasteiger partial charge in [0.2, 0.25) is 0 Å². The number of hydrogen-bond acceptors (Lipinski definition) is 1. The fourth-order valence-electron chi connectivity index (χ4n) is 2.37. The van der Waals surface area contributed by atoms with Gasteiger partial charge in [-0.2, -0.15) is 0 Å². The van der Waals surface area contributed by atoms with Crippen molar-refractivity contribution in [2.75, 3.05) is 0 Å². The molecule has 0 aromatic heterocycles. The van der Waals surface area contributed by atoms with E-state index in [9.17, 15) is 9.18 Å². The van der Waals surface area contributed by atoms with E-state index in [1.54, 1.807) is 6.07 Å². The van der Waals surface area contributed by atoms with Crippen molar-refractivity contribution in [3.8, 4) is 0 Å². The van der Waals surface area contributed by atoms with Crippen molar-refractivity contribution in [3.63, 3.8) is 0 Å². The number of hydrogen-bond donors (Lipinski definition) is 0. The van der Waals surface area contributed by atoms with Crippen LogP contribution in [-0.4, -0.2) is 5.78 Å². The highest BCUT2D eigenvalue weighted by Gasteiger charge is 2.16. The van der Waals surface area contributed by atoms with E-state index in [0.717, 1.165) is 16.7 Å². The lowest BCUT2D eigenvalue weighted by Crippen LogP contribution is -2.07. The minimum atomic E-state index is -0.417. The second kappa shape index (κ2) is 5.25. The van der Waals surface area contributed by atoms with Gasteiger partial charge in [0.25, 0.3) is 0 Å². The van der Waals surface area contributed by atoms with Gasteiger partial charge in [0.1, 0.15) is 5.82 Å². The molecule has 0 fully saturated rings. The molecule has 0 spiro atoms. The maximum absolute atomic E-state index is 13.4. The van der Waals surface area contributed by atoms with Gasteiger partial charge in [-0.15, -0.1) is 0 Å². The van der Waals surface area contributed by atoms with Crippen LogP contribution >= 0.6 is 15.9 Å². The number of ketones is 1. The number of benzene rings is 2. The molecule has 2 aromatic rings. The molecule has 0 saturated heterocycles. The molecule has 2 aromatic carbocycles. The molecule has 2 rings (SSSR count). The maximum Gasteiger partial charge on any atom is 0.193 e. The minimum Gasteiger partial charge on any atom is -0.289 e. The predicted molar refractivity (Wildman–Crippen MR) is 78.2 cm³/mol. The van der Waals surface area contributed by atoms with Crippen LogP contribution in [0.2, 0.25) is 0 Å². The third-order valence-electron chi connectivity index (χ3n) is 3.03. The fraction of sp³-hybridized carbons (Fsp3) is 0.188. The van der Waals surface area contributed by atoms with Crippen LogP contribution in [0, 0.1) is 26.6 Å². The van der Waals surface area contributed by atoms with Crippen molar-refractivity contribution in [3.05, 3.63) is 68.4 Å². The molecule has 19 heavy (non-hydrogen) atoms. The van der Waals surface area contributed by atoms with Crippen LogP contribution in [0.5, 0.6) is 0 Å². The average molecular weight is 321 g/mol. The summed E-state index contributed by atoms with van der Waals surface area (Å²) in [6, 6.07) is 8.19. The van der Waals surface area contributed by atoms with Crippen molar-refractivity contribution >= 4 is 21.7 Å². The number of halogens is 2. The minimum absolute atomic E-state index is 0.143. The Morgan fingerprint density at radius 3 is 2.11 bits per heavy atom. The van der Waals surface area contributed by atoms with Crippen LogP contribution in [0.1, 0.15) is 32.6 Å². The summed E-state index contributed by atoms with van der Waals surface area (Å²) >= 11 is 3.21. The molecule has 0 aliphatic carbocycles. The number of rotatable bonds is 2. The number of carbonyl (C=O) groups excluding carboxylic acids is 1. The number of carbonyl (C=O) groups is 1. The zero-order chi connectivity index (χ0) is 14.2. The van der Waals surface area contributed by atoms with Gasteiger partial charge in [0.15, 0.2) is 5.78 Å². The zero-order valence-electron chi connectivity index (χ0n) is 11.1. The Balaban J connectivity index is 2.56. The van der Waals surface area contributed by atoms with Crippen molar-refractivity contribution in [1.82, 2.24) is 0 Å². The topological polar surface area (TPSA) is 17.1 Å². The molecule has 0 saturated carbocycles. The Hall–Kier alpha value is -1.48. The summed E-state index contributed by atoms with van der Waals surface area (Å²) in [6.45, 7) is 5.80. The van der Waals surface area contributed by atoms with Gasteiger partial charge in [0.05, 0.1) is 0 Å². The van der Waals surface area contributed by atoms with Crippen LogP contribution in [0.15, 0.2) is 34.8 Å². The summed E-state index contributed by atoms with van der Waals surface area (Å²) in [7, 11) is 0. The first-order chi connectivity index (χ1) is 8.88. The molecule has 0 atom stereocenters. The summed E-state index contributed by atoms with van der Waals surface area (Å²) in [4.78, 5) is 12.5. The molecule has 0 aliphatic rings. The molecule has 0 amide bonds. The Kier molecular flexibility index (Phi) is 3.85. The molecule has 0 N–H and O–H groups in total. The largest absolute Gasteiger partial charge is 0.289 e. The first-order valence-electron chi connectivity index (χ1n) is 5.97. The number of aryl methyl sites for hydroxylation is 3. The summed E-state index contributed by atoms with van der Waals surface area (Å²) in [5.41, 5.74) is 3.97. The summed E-state index contributed by atoms with van der Waals surface area (Å²) < 4.78 is 14.0. The quantitative estimate of drug-likeness (QED) is 0.730. The van der Waals surface area contributed by atoms with E-state index in [2.05, 4.69) is 15.9 Å². The monoisotopic (exact) mass is 320 g/mol. The summed E-state index contributed by atoms with van der Waals surface area (Å²) in [6.07, 6.45) is 0. The van der Waals surface area contributed by atoms with E-state index < -0.39 is 5.82 Å². The molecule has 98 valence electrons. The Morgan fingerprint density at radius 2 is 1.58 bits per heavy atom. The fourth-order valence-corrected chi connectivity index (χ4v) is 2.83. The molecule has 0 heterocycles. The zero-order valence-corrected chi connectivity index (χ0v) is 12.6. The first kappa shape index (κ1) is 13.9. The van der Waals surface area contributed by atoms with Gasteiger partial charge in [-0.25, -0.2) is 4.39 Å².